The number of allylic oxidation sites excluding steroid dienone is 1. The molecule has 0 amide bonds. The molecular weight excluding hydrogens is 152 g/mol. The maximum absolute atomic E-state index is 9.19. The zero-order valence-electron chi connectivity index (χ0n) is 7.20. The van der Waals surface area contributed by atoms with E-state index in [2.05, 4.69) is 6.58 Å². The first-order chi connectivity index (χ1) is 5.84. The lowest BCUT2D eigenvalue weighted by molar-refractivity contribution is 0.399. The van der Waals surface area contributed by atoms with Gasteiger partial charge >= 0.3 is 0 Å². The Kier molecular flexibility index (Phi) is 5.75. The Balaban J connectivity index is 0.000000561. The number of hydrogen-bond acceptors (Lipinski definition) is 2. The summed E-state index contributed by atoms with van der Waals surface area (Å²) in [6.45, 7) is 3.59. The Morgan fingerprint density at radius 3 is 2.42 bits per heavy atom. The van der Waals surface area contributed by atoms with Gasteiger partial charge in [0.2, 0.25) is 0 Å². The van der Waals surface area contributed by atoms with Gasteiger partial charge in [0.1, 0.15) is 5.75 Å². The van der Waals surface area contributed by atoms with Crippen LogP contribution in [0.5, 0.6) is 5.75 Å². The van der Waals surface area contributed by atoms with Crippen molar-refractivity contribution in [3.05, 3.63) is 42.5 Å². The summed E-state index contributed by atoms with van der Waals surface area (Å²) in [7, 11) is 1.00. The van der Waals surface area contributed by atoms with Crippen LogP contribution in [0.2, 0.25) is 0 Å². The van der Waals surface area contributed by atoms with Crippen LogP contribution < -0.4 is 0 Å². The van der Waals surface area contributed by atoms with E-state index in [4.69, 9.17) is 5.11 Å². The molecule has 0 atom stereocenters. The van der Waals surface area contributed by atoms with E-state index in [0.29, 0.717) is 5.75 Å². The van der Waals surface area contributed by atoms with Crippen LogP contribution in [0.15, 0.2) is 36.9 Å². The summed E-state index contributed by atoms with van der Waals surface area (Å²) in [6.07, 6.45) is 2.50. The fourth-order valence-corrected chi connectivity index (χ4v) is 0.839. The minimum atomic E-state index is 0.349. The number of phenolic OH excluding ortho intramolecular Hbond substituents is 1. The number of aliphatic hydroxyl groups excluding tert-OH is 1. The maximum Gasteiger partial charge on any atom is 0.119 e. The van der Waals surface area contributed by atoms with Crippen LogP contribution in [0.25, 0.3) is 0 Å². The molecular formula is C10H14O2. The Bertz CT molecular complexity index is 231. The number of benzene rings is 1. The fourth-order valence-electron chi connectivity index (χ4n) is 0.839. The van der Waals surface area contributed by atoms with Crippen molar-refractivity contribution in [2.45, 2.75) is 6.42 Å². The second kappa shape index (κ2) is 6.43. The molecule has 2 N–H and O–H groups in total. The molecule has 2 heteroatoms. The minimum Gasteiger partial charge on any atom is -0.508 e. The molecule has 1 rings (SSSR count). The van der Waals surface area contributed by atoms with Gasteiger partial charge < -0.3 is 10.2 Å². The summed E-state index contributed by atoms with van der Waals surface area (Å²) in [5.41, 5.74) is 0.928. The molecule has 0 aromatic heterocycles. The zero-order chi connectivity index (χ0) is 9.40. The Morgan fingerprint density at radius 1 is 1.33 bits per heavy atom. The van der Waals surface area contributed by atoms with Gasteiger partial charge in [-0.3, -0.25) is 0 Å². The van der Waals surface area contributed by atoms with Crippen LogP contribution in [0, 0.1) is 0 Å². The van der Waals surface area contributed by atoms with Gasteiger partial charge in [0.15, 0.2) is 0 Å². The van der Waals surface area contributed by atoms with Crippen molar-refractivity contribution in [2.24, 2.45) is 0 Å². The third-order valence-electron chi connectivity index (χ3n) is 1.36. The van der Waals surface area contributed by atoms with E-state index in [-0.39, 0.29) is 0 Å². The SMILES string of the molecule is C=CCc1ccccc1O.CO. The molecule has 66 valence electrons. The van der Waals surface area contributed by atoms with Crippen molar-refractivity contribution in [3.8, 4) is 5.75 Å². The van der Waals surface area contributed by atoms with Crippen LogP contribution in [0.4, 0.5) is 0 Å². The topological polar surface area (TPSA) is 40.5 Å². The van der Waals surface area contributed by atoms with Gasteiger partial charge in [-0.05, 0) is 18.1 Å². The van der Waals surface area contributed by atoms with Crippen molar-refractivity contribution in [3.63, 3.8) is 0 Å². The molecule has 0 aliphatic rings. The smallest absolute Gasteiger partial charge is 0.119 e. The molecule has 0 aliphatic carbocycles. The summed E-state index contributed by atoms with van der Waals surface area (Å²) < 4.78 is 0. The van der Waals surface area contributed by atoms with E-state index in [9.17, 15) is 5.11 Å². The first kappa shape index (κ1) is 10.7. The Hall–Kier alpha value is -1.28. The fraction of sp³-hybridized carbons (Fsp3) is 0.200. The lowest BCUT2D eigenvalue weighted by atomic mass is 10.1. The van der Waals surface area contributed by atoms with Gasteiger partial charge in [0.25, 0.3) is 0 Å². The molecule has 2 nitrogen and oxygen atoms in total. The van der Waals surface area contributed by atoms with E-state index in [1.165, 1.54) is 0 Å². The highest BCUT2D eigenvalue weighted by Gasteiger charge is 1.93. The normalized spacial score (nSPS) is 8.17. The van der Waals surface area contributed by atoms with E-state index in [0.717, 1.165) is 19.1 Å². The monoisotopic (exact) mass is 166 g/mol. The zero-order valence-corrected chi connectivity index (χ0v) is 7.20. The molecule has 1 aromatic rings. The van der Waals surface area contributed by atoms with E-state index in [1.54, 1.807) is 12.1 Å². The first-order valence-electron chi connectivity index (χ1n) is 3.67. The van der Waals surface area contributed by atoms with Crippen LogP contribution >= 0.6 is 0 Å². The Morgan fingerprint density at radius 2 is 1.92 bits per heavy atom. The van der Waals surface area contributed by atoms with Gasteiger partial charge in [0.05, 0.1) is 0 Å². The molecule has 0 saturated carbocycles. The van der Waals surface area contributed by atoms with Gasteiger partial charge in [-0.1, -0.05) is 24.3 Å². The molecule has 0 aliphatic heterocycles. The van der Waals surface area contributed by atoms with Crippen LogP contribution in [0.1, 0.15) is 5.56 Å². The number of aliphatic hydroxyl groups is 1. The average molecular weight is 166 g/mol. The van der Waals surface area contributed by atoms with Gasteiger partial charge in [-0.25, -0.2) is 0 Å². The quantitative estimate of drug-likeness (QED) is 0.657. The van der Waals surface area contributed by atoms with Crippen molar-refractivity contribution in [1.82, 2.24) is 0 Å². The second-order valence-electron chi connectivity index (χ2n) is 2.12. The van der Waals surface area contributed by atoms with E-state index in [1.807, 2.05) is 18.2 Å². The Labute approximate surface area is 72.8 Å². The van der Waals surface area contributed by atoms with Crippen LogP contribution in [-0.4, -0.2) is 17.3 Å². The largest absolute Gasteiger partial charge is 0.508 e. The summed E-state index contributed by atoms with van der Waals surface area (Å²) in [4.78, 5) is 0. The highest BCUT2D eigenvalue weighted by Crippen LogP contribution is 2.15. The molecule has 0 saturated heterocycles. The molecule has 0 radical (unpaired) electrons. The summed E-state index contributed by atoms with van der Waals surface area (Å²) >= 11 is 0. The van der Waals surface area contributed by atoms with E-state index >= 15 is 0 Å². The maximum atomic E-state index is 9.19. The number of hydrogen-bond donors (Lipinski definition) is 2. The van der Waals surface area contributed by atoms with Crippen molar-refractivity contribution < 1.29 is 10.2 Å². The van der Waals surface area contributed by atoms with Crippen molar-refractivity contribution in [1.29, 1.82) is 0 Å². The molecule has 0 unspecified atom stereocenters. The molecule has 0 fully saturated rings. The van der Waals surface area contributed by atoms with Crippen LogP contribution in [-0.2, 0) is 6.42 Å². The summed E-state index contributed by atoms with van der Waals surface area (Å²) in [5, 5.41) is 16.2. The third-order valence-corrected chi connectivity index (χ3v) is 1.36. The standard InChI is InChI=1S/C9H10O.CH4O/c1-2-5-8-6-3-4-7-9(8)10;1-2/h2-4,6-7,10H,1,5H2;2H,1H3. The van der Waals surface area contributed by atoms with Gasteiger partial charge in [-0.2, -0.15) is 0 Å². The summed E-state index contributed by atoms with van der Waals surface area (Å²) in [5.74, 6) is 0.349. The lowest BCUT2D eigenvalue weighted by Gasteiger charge is -1.97. The second-order valence-corrected chi connectivity index (χ2v) is 2.12. The van der Waals surface area contributed by atoms with Crippen molar-refractivity contribution in [2.75, 3.05) is 7.11 Å². The van der Waals surface area contributed by atoms with Gasteiger partial charge in [-0.15, -0.1) is 6.58 Å². The molecule has 0 heterocycles. The minimum absolute atomic E-state index is 0.349. The van der Waals surface area contributed by atoms with E-state index < -0.39 is 0 Å². The molecule has 12 heavy (non-hydrogen) atoms. The number of rotatable bonds is 2. The first-order valence-corrected chi connectivity index (χ1v) is 3.67. The van der Waals surface area contributed by atoms with Crippen LogP contribution in [0.3, 0.4) is 0 Å². The summed E-state index contributed by atoms with van der Waals surface area (Å²) in [6, 6.07) is 7.27. The highest BCUT2D eigenvalue weighted by molar-refractivity contribution is 5.32. The number of phenols is 1. The highest BCUT2D eigenvalue weighted by atomic mass is 16.3. The number of para-hydroxylation sites is 1. The molecule has 0 bridgehead atoms. The molecule has 1 aromatic carbocycles. The van der Waals surface area contributed by atoms with Gasteiger partial charge in [0, 0.05) is 7.11 Å². The predicted molar refractivity (Wildman–Crippen MR) is 50.2 cm³/mol. The number of aromatic hydroxyl groups is 1. The average Bonchev–Trinajstić information content (AvgIpc) is 2.13. The molecule has 0 spiro atoms. The predicted octanol–water partition coefficient (Wildman–Crippen LogP) is 1.73. The lowest BCUT2D eigenvalue weighted by Crippen LogP contribution is -1.79. The third kappa shape index (κ3) is 3.21. The van der Waals surface area contributed by atoms with Crippen molar-refractivity contribution >= 4 is 0 Å².